The molecule has 0 fully saturated rings. The van der Waals surface area contributed by atoms with Crippen molar-refractivity contribution in [1.82, 2.24) is 15.6 Å². The number of nitrogens with zero attached hydrogens (tertiary/aromatic N) is 3. The highest BCUT2D eigenvalue weighted by Crippen LogP contribution is 2.32. The summed E-state index contributed by atoms with van der Waals surface area (Å²) in [7, 11) is 9.05. The lowest BCUT2D eigenvalue weighted by molar-refractivity contribution is 0.353. The molecule has 154 valence electrons. The molecule has 0 amide bonds. The third-order valence-electron chi connectivity index (χ3n) is 4.45. The van der Waals surface area contributed by atoms with Crippen molar-refractivity contribution in [3.05, 3.63) is 34.8 Å². The van der Waals surface area contributed by atoms with Crippen LogP contribution < -0.4 is 25.0 Å². The van der Waals surface area contributed by atoms with Crippen molar-refractivity contribution in [2.24, 2.45) is 4.99 Å². The monoisotopic (exact) mass is 405 g/mol. The molecule has 1 aromatic carbocycles. The minimum absolute atomic E-state index is 0.129. The highest BCUT2D eigenvalue weighted by atomic mass is 32.1. The normalized spacial score (nSPS) is 11.9. The van der Waals surface area contributed by atoms with Crippen LogP contribution in [0.25, 0.3) is 0 Å². The number of hydrogen-bond donors (Lipinski definition) is 2. The van der Waals surface area contributed by atoms with Crippen molar-refractivity contribution in [2.45, 2.75) is 25.8 Å². The molecule has 2 N–H and O–H groups in total. The predicted octanol–water partition coefficient (Wildman–Crippen LogP) is 2.87. The van der Waals surface area contributed by atoms with E-state index in [4.69, 9.17) is 9.47 Å². The molecular weight excluding hydrogens is 374 g/mol. The van der Waals surface area contributed by atoms with Gasteiger partial charge in [0.05, 0.1) is 26.5 Å². The topological polar surface area (TPSA) is 71.0 Å². The Bertz CT molecular complexity index is 802. The van der Waals surface area contributed by atoms with Crippen LogP contribution in [0.5, 0.6) is 11.5 Å². The number of guanidine groups is 1. The maximum absolute atomic E-state index is 5.43. The number of aromatic nitrogens is 1. The van der Waals surface area contributed by atoms with Gasteiger partial charge in [-0.3, -0.25) is 4.99 Å². The first-order chi connectivity index (χ1) is 13.3. The molecule has 0 unspecified atom stereocenters. The predicted molar refractivity (Wildman–Crippen MR) is 117 cm³/mol. The first kappa shape index (κ1) is 21.8. The fraction of sp³-hybridized carbons (Fsp3) is 0.500. The molecule has 1 heterocycles. The van der Waals surface area contributed by atoms with Gasteiger partial charge in [0.2, 0.25) is 0 Å². The second-order valence-electron chi connectivity index (χ2n) is 7.25. The number of rotatable bonds is 8. The highest BCUT2D eigenvalue weighted by Gasteiger charge is 2.22. The number of hydrogen-bond acceptors (Lipinski definition) is 6. The van der Waals surface area contributed by atoms with Crippen LogP contribution in [-0.2, 0) is 12.0 Å². The lowest BCUT2D eigenvalue weighted by Crippen LogP contribution is -2.43. The Kier molecular flexibility index (Phi) is 7.51. The summed E-state index contributed by atoms with van der Waals surface area (Å²) in [6.45, 7) is 5.69. The summed E-state index contributed by atoms with van der Waals surface area (Å²) in [5.41, 5.74) is 2.02. The van der Waals surface area contributed by atoms with E-state index >= 15 is 0 Å². The second-order valence-corrected chi connectivity index (χ2v) is 8.09. The van der Waals surface area contributed by atoms with Gasteiger partial charge in [-0.1, -0.05) is 19.9 Å². The summed E-state index contributed by atoms with van der Waals surface area (Å²) >= 11 is 1.63. The van der Waals surface area contributed by atoms with Crippen molar-refractivity contribution < 1.29 is 9.47 Å². The van der Waals surface area contributed by atoms with E-state index in [0.717, 1.165) is 33.8 Å². The summed E-state index contributed by atoms with van der Waals surface area (Å²) in [6.07, 6.45) is 0. The molecule has 0 aliphatic carbocycles. The van der Waals surface area contributed by atoms with E-state index < -0.39 is 0 Å². The number of benzene rings is 1. The molecule has 0 spiro atoms. The zero-order valence-electron chi connectivity index (χ0n) is 17.8. The van der Waals surface area contributed by atoms with Crippen molar-refractivity contribution >= 4 is 22.4 Å². The summed E-state index contributed by atoms with van der Waals surface area (Å²) < 4.78 is 10.8. The van der Waals surface area contributed by atoms with Crippen molar-refractivity contribution in [1.29, 1.82) is 0 Å². The Balaban J connectivity index is 1.97. The molecule has 0 saturated carbocycles. The molecular formula is C20H31N5O2S. The molecule has 2 rings (SSSR count). The summed E-state index contributed by atoms with van der Waals surface area (Å²) in [6, 6.07) is 6.03. The zero-order valence-corrected chi connectivity index (χ0v) is 18.6. The number of aliphatic imine (C=N–C) groups is 1. The van der Waals surface area contributed by atoms with Gasteiger partial charge in [0.15, 0.2) is 22.6 Å². The van der Waals surface area contributed by atoms with Gasteiger partial charge in [-0.15, -0.1) is 11.3 Å². The van der Waals surface area contributed by atoms with Gasteiger partial charge in [0.1, 0.15) is 0 Å². The third-order valence-corrected chi connectivity index (χ3v) is 5.50. The lowest BCUT2D eigenvalue weighted by atomic mass is 9.84. The molecule has 2 aromatic rings. The standard InChI is InChI=1S/C20H31N5O2S/c1-20(2,14-8-9-16(26-6)17(10-14)27-7)13-23-18(21-3)22-11-15-12-28-19(24-15)25(4)5/h8-10,12H,11,13H2,1-7H3,(H2,21,22,23). The molecule has 1 aromatic heterocycles. The van der Waals surface area contributed by atoms with Gasteiger partial charge < -0.3 is 25.0 Å². The van der Waals surface area contributed by atoms with E-state index in [2.05, 4.69) is 45.9 Å². The average Bonchev–Trinajstić information content (AvgIpc) is 3.16. The largest absolute Gasteiger partial charge is 0.493 e. The number of nitrogens with one attached hydrogen (secondary N) is 2. The average molecular weight is 406 g/mol. The Labute approximate surface area is 171 Å². The van der Waals surface area contributed by atoms with Crippen LogP contribution in [0.1, 0.15) is 25.1 Å². The van der Waals surface area contributed by atoms with Crippen LogP contribution in [0.2, 0.25) is 0 Å². The Hall–Kier alpha value is -2.48. The number of thiazole rings is 1. The first-order valence-electron chi connectivity index (χ1n) is 9.09. The van der Waals surface area contributed by atoms with E-state index in [9.17, 15) is 0 Å². The van der Waals surface area contributed by atoms with Crippen LogP contribution in [0, 0.1) is 0 Å². The molecule has 0 aliphatic heterocycles. The van der Waals surface area contributed by atoms with E-state index in [0.29, 0.717) is 13.1 Å². The molecule has 0 aliphatic rings. The second kappa shape index (κ2) is 9.64. The third kappa shape index (κ3) is 5.51. The van der Waals surface area contributed by atoms with Gasteiger partial charge in [0.25, 0.3) is 0 Å². The number of methoxy groups -OCH3 is 2. The minimum atomic E-state index is -0.129. The van der Waals surface area contributed by atoms with E-state index in [1.807, 2.05) is 31.1 Å². The van der Waals surface area contributed by atoms with Crippen molar-refractivity contribution in [3.63, 3.8) is 0 Å². The van der Waals surface area contributed by atoms with Crippen molar-refractivity contribution in [2.75, 3.05) is 46.8 Å². The van der Waals surface area contributed by atoms with Gasteiger partial charge >= 0.3 is 0 Å². The zero-order chi connectivity index (χ0) is 20.7. The molecule has 28 heavy (non-hydrogen) atoms. The summed E-state index contributed by atoms with van der Waals surface area (Å²) in [5, 5.41) is 9.78. The molecule has 7 nitrogen and oxygen atoms in total. The smallest absolute Gasteiger partial charge is 0.191 e. The SMILES string of the molecule is CN=C(NCc1csc(N(C)C)n1)NCC(C)(C)c1ccc(OC)c(OC)c1. The van der Waals surface area contributed by atoms with Crippen molar-refractivity contribution in [3.8, 4) is 11.5 Å². The Morgan fingerprint density at radius 1 is 1.18 bits per heavy atom. The van der Waals surface area contributed by atoms with E-state index in [1.54, 1.807) is 32.6 Å². The fourth-order valence-electron chi connectivity index (χ4n) is 2.64. The Morgan fingerprint density at radius 2 is 1.89 bits per heavy atom. The van der Waals surface area contributed by atoms with Gasteiger partial charge in [-0.05, 0) is 17.7 Å². The van der Waals surface area contributed by atoms with Crippen LogP contribution in [0.3, 0.4) is 0 Å². The van der Waals surface area contributed by atoms with Crippen LogP contribution >= 0.6 is 11.3 Å². The molecule has 0 saturated heterocycles. The molecule has 0 radical (unpaired) electrons. The Morgan fingerprint density at radius 3 is 2.46 bits per heavy atom. The van der Waals surface area contributed by atoms with E-state index in [1.165, 1.54) is 0 Å². The van der Waals surface area contributed by atoms with Crippen LogP contribution in [-0.4, -0.2) is 52.9 Å². The number of ether oxygens (including phenoxy) is 2. The quantitative estimate of drug-likeness (QED) is 0.520. The maximum Gasteiger partial charge on any atom is 0.191 e. The summed E-state index contributed by atoms with van der Waals surface area (Å²) in [4.78, 5) is 10.9. The first-order valence-corrected chi connectivity index (χ1v) is 9.97. The lowest BCUT2D eigenvalue weighted by Gasteiger charge is -2.27. The van der Waals surface area contributed by atoms with Gasteiger partial charge in [-0.2, -0.15) is 0 Å². The summed E-state index contributed by atoms with van der Waals surface area (Å²) in [5.74, 6) is 2.21. The maximum atomic E-state index is 5.43. The molecule has 0 bridgehead atoms. The van der Waals surface area contributed by atoms with Crippen LogP contribution in [0.15, 0.2) is 28.6 Å². The van der Waals surface area contributed by atoms with E-state index in [-0.39, 0.29) is 5.41 Å². The highest BCUT2D eigenvalue weighted by molar-refractivity contribution is 7.13. The fourth-order valence-corrected chi connectivity index (χ4v) is 3.40. The van der Waals surface area contributed by atoms with Gasteiger partial charge in [-0.25, -0.2) is 4.98 Å². The molecule has 8 heteroatoms. The minimum Gasteiger partial charge on any atom is -0.493 e. The van der Waals surface area contributed by atoms with Gasteiger partial charge in [0, 0.05) is 38.5 Å². The molecule has 0 atom stereocenters. The number of anilines is 1. The van der Waals surface area contributed by atoms with Crippen LogP contribution in [0.4, 0.5) is 5.13 Å².